The zero-order valence-corrected chi connectivity index (χ0v) is 15.2. The van der Waals surface area contributed by atoms with Gasteiger partial charge >= 0.3 is 6.03 Å². The van der Waals surface area contributed by atoms with Crippen molar-refractivity contribution in [3.63, 3.8) is 0 Å². The number of thiazole rings is 1. The average molecular weight is 352 g/mol. The second-order valence-corrected chi connectivity index (χ2v) is 8.17. The van der Waals surface area contributed by atoms with Crippen LogP contribution in [0.2, 0.25) is 0 Å². The fraction of sp³-hybridized carbons (Fsp3) is 0.600. The van der Waals surface area contributed by atoms with Crippen LogP contribution >= 0.6 is 22.7 Å². The van der Waals surface area contributed by atoms with E-state index < -0.39 is 0 Å². The van der Waals surface area contributed by atoms with Crippen molar-refractivity contribution in [1.29, 1.82) is 0 Å². The SMILES string of the molecule is CC(C)c1nnc(NC(=O)N[C@@H](C)c2nc3c(s2)CCCC3)s1. The summed E-state index contributed by atoms with van der Waals surface area (Å²) in [6.07, 6.45) is 4.64. The Kier molecular flexibility index (Phi) is 4.91. The summed E-state index contributed by atoms with van der Waals surface area (Å²) in [7, 11) is 0. The van der Waals surface area contributed by atoms with E-state index in [1.165, 1.54) is 34.7 Å². The summed E-state index contributed by atoms with van der Waals surface area (Å²) in [6.45, 7) is 6.07. The predicted molar refractivity (Wildman–Crippen MR) is 93.3 cm³/mol. The van der Waals surface area contributed by atoms with Crippen molar-refractivity contribution in [3.8, 4) is 0 Å². The fourth-order valence-electron chi connectivity index (χ4n) is 2.47. The van der Waals surface area contributed by atoms with Crippen molar-refractivity contribution in [2.75, 3.05) is 5.32 Å². The van der Waals surface area contributed by atoms with Crippen molar-refractivity contribution >= 4 is 33.8 Å². The van der Waals surface area contributed by atoms with Crippen LogP contribution in [0.25, 0.3) is 0 Å². The Balaban J connectivity index is 1.59. The van der Waals surface area contributed by atoms with E-state index >= 15 is 0 Å². The first-order chi connectivity index (χ1) is 11.0. The van der Waals surface area contributed by atoms with E-state index in [0.29, 0.717) is 11.0 Å². The Morgan fingerprint density at radius 2 is 1.87 bits per heavy atom. The Bertz CT molecular complexity index is 670. The van der Waals surface area contributed by atoms with Gasteiger partial charge in [-0.1, -0.05) is 25.2 Å². The smallest absolute Gasteiger partial charge is 0.321 e. The van der Waals surface area contributed by atoms with E-state index in [2.05, 4.69) is 39.7 Å². The monoisotopic (exact) mass is 351 g/mol. The standard InChI is InChI=1S/C15H21N5OS2/c1-8(2)12-19-20-15(23-12)18-14(21)16-9(3)13-17-10-6-4-5-7-11(10)22-13/h8-9H,4-7H2,1-3H3,(H2,16,18,20,21)/t9-/m0/s1. The number of carbonyl (C=O) groups is 1. The Morgan fingerprint density at radius 3 is 2.57 bits per heavy atom. The highest BCUT2D eigenvalue weighted by Gasteiger charge is 2.20. The van der Waals surface area contributed by atoms with Crippen LogP contribution in [0.4, 0.5) is 9.93 Å². The molecular weight excluding hydrogens is 330 g/mol. The number of aromatic nitrogens is 3. The van der Waals surface area contributed by atoms with Crippen molar-refractivity contribution in [2.24, 2.45) is 0 Å². The molecule has 2 amide bonds. The van der Waals surface area contributed by atoms with Gasteiger partial charge in [-0.2, -0.15) is 0 Å². The van der Waals surface area contributed by atoms with Gasteiger partial charge in [0, 0.05) is 10.8 Å². The molecule has 124 valence electrons. The normalized spacial score (nSPS) is 15.3. The maximum atomic E-state index is 12.1. The van der Waals surface area contributed by atoms with Crippen LogP contribution in [-0.4, -0.2) is 21.2 Å². The molecule has 2 heterocycles. The summed E-state index contributed by atoms with van der Waals surface area (Å²) in [5.41, 5.74) is 1.22. The molecule has 0 saturated heterocycles. The largest absolute Gasteiger partial charge is 0.329 e. The number of carbonyl (C=O) groups excluding carboxylic acids is 1. The molecule has 0 saturated carbocycles. The lowest BCUT2D eigenvalue weighted by atomic mass is 10.0. The molecule has 0 fully saturated rings. The number of fused-ring (bicyclic) bond motifs is 1. The van der Waals surface area contributed by atoms with E-state index in [1.54, 1.807) is 11.3 Å². The molecule has 0 aliphatic heterocycles. The van der Waals surface area contributed by atoms with Gasteiger partial charge in [0.1, 0.15) is 10.0 Å². The molecule has 2 aromatic rings. The number of amides is 2. The van der Waals surface area contributed by atoms with E-state index in [-0.39, 0.29) is 12.1 Å². The number of nitrogens with zero attached hydrogens (tertiary/aromatic N) is 3. The zero-order chi connectivity index (χ0) is 16.4. The van der Waals surface area contributed by atoms with Gasteiger partial charge in [-0.3, -0.25) is 5.32 Å². The lowest BCUT2D eigenvalue weighted by Crippen LogP contribution is -2.31. The van der Waals surface area contributed by atoms with Crippen LogP contribution in [0.15, 0.2) is 0 Å². The number of hydrogen-bond acceptors (Lipinski definition) is 6. The molecule has 1 atom stereocenters. The second-order valence-electron chi connectivity index (χ2n) is 6.05. The van der Waals surface area contributed by atoms with Crippen LogP contribution in [0.1, 0.15) is 66.2 Å². The molecule has 0 bridgehead atoms. The van der Waals surface area contributed by atoms with Gasteiger partial charge in [0.25, 0.3) is 0 Å². The first-order valence-corrected chi connectivity index (χ1v) is 9.55. The quantitative estimate of drug-likeness (QED) is 0.876. The third-order valence-corrected chi connectivity index (χ3v) is 6.21. The topological polar surface area (TPSA) is 79.8 Å². The number of urea groups is 1. The predicted octanol–water partition coefficient (Wildman–Crippen LogP) is 3.88. The van der Waals surface area contributed by atoms with Crippen molar-refractivity contribution in [3.05, 3.63) is 20.6 Å². The number of hydrogen-bond donors (Lipinski definition) is 2. The Morgan fingerprint density at radius 1 is 1.09 bits per heavy atom. The molecule has 1 aliphatic carbocycles. The molecule has 1 aliphatic rings. The van der Waals surface area contributed by atoms with E-state index in [4.69, 9.17) is 0 Å². The molecule has 0 aromatic carbocycles. The van der Waals surface area contributed by atoms with Crippen LogP contribution < -0.4 is 10.6 Å². The van der Waals surface area contributed by atoms with Gasteiger partial charge in [-0.05, 0) is 32.6 Å². The molecular formula is C15H21N5OS2. The number of rotatable bonds is 4. The lowest BCUT2D eigenvalue weighted by molar-refractivity contribution is 0.249. The van der Waals surface area contributed by atoms with Gasteiger partial charge in [0.15, 0.2) is 0 Å². The lowest BCUT2D eigenvalue weighted by Gasteiger charge is -2.10. The first-order valence-electron chi connectivity index (χ1n) is 7.92. The van der Waals surface area contributed by atoms with Gasteiger partial charge in [-0.15, -0.1) is 21.5 Å². The van der Waals surface area contributed by atoms with Crippen LogP contribution in [-0.2, 0) is 12.8 Å². The fourth-order valence-corrected chi connectivity index (χ4v) is 4.36. The molecule has 2 aromatic heterocycles. The van der Waals surface area contributed by atoms with Gasteiger partial charge < -0.3 is 5.32 Å². The number of anilines is 1. The molecule has 0 spiro atoms. The summed E-state index contributed by atoms with van der Waals surface area (Å²) < 4.78 is 0. The van der Waals surface area contributed by atoms with Gasteiger partial charge in [0.2, 0.25) is 5.13 Å². The molecule has 6 nitrogen and oxygen atoms in total. The number of nitrogens with one attached hydrogen (secondary N) is 2. The van der Waals surface area contributed by atoms with Gasteiger partial charge in [-0.25, -0.2) is 9.78 Å². The minimum Gasteiger partial charge on any atom is -0.329 e. The first kappa shape index (κ1) is 16.3. The second kappa shape index (κ2) is 6.92. The zero-order valence-electron chi connectivity index (χ0n) is 13.5. The van der Waals surface area contributed by atoms with Crippen molar-refractivity contribution in [1.82, 2.24) is 20.5 Å². The minimum absolute atomic E-state index is 0.108. The Hall–Kier alpha value is -1.54. The number of aryl methyl sites for hydroxylation is 2. The van der Waals surface area contributed by atoms with Gasteiger partial charge in [0.05, 0.1) is 11.7 Å². The molecule has 0 radical (unpaired) electrons. The highest BCUT2D eigenvalue weighted by molar-refractivity contribution is 7.15. The minimum atomic E-state index is -0.267. The summed E-state index contributed by atoms with van der Waals surface area (Å²) in [5, 5.41) is 16.2. The summed E-state index contributed by atoms with van der Waals surface area (Å²) in [6, 6.07) is -0.375. The van der Waals surface area contributed by atoms with E-state index in [1.807, 2.05) is 6.92 Å². The third kappa shape index (κ3) is 3.87. The summed E-state index contributed by atoms with van der Waals surface area (Å²) >= 11 is 3.13. The van der Waals surface area contributed by atoms with Crippen molar-refractivity contribution in [2.45, 2.75) is 58.4 Å². The maximum absolute atomic E-state index is 12.1. The average Bonchev–Trinajstić information content (AvgIpc) is 3.13. The molecule has 8 heteroatoms. The maximum Gasteiger partial charge on any atom is 0.321 e. The van der Waals surface area contributed by atoms with Crippen LogP contribution in [0.5, 0.6) is 0 Å². The molecule has 0 unspecified atom stereocenters. The van der Waals surface area contributed by atoms with Crippen molar-refractivity contribution < 1.29 is 4.79 Å². The molecule has 3 rings (SSSR count). The highest BCUT2D eigenvalue weighted by Crippen LogP contribution is 2.29. The van der Waals surface area contributed by atoms with E-state index in [9.17, 15) is 4.79 Å². The summed E-state index contributed by atoms with van der Waals surface area (Å²) in [5.74, 6) is 0.312. The van der Waals surface area contributed by atoms with Crippen LogP contribution in [0, 0.1) is 0 Å². The van der Waals surface area contributed by atoms with E-state index in [0.717, 1.165) is 22.9 Å². The highest BCUT2D eigenvalue weighted by atomic mass is 32.1. The summed E-state index contributed by atoms with van der Waals surface area (Å²) in [4.78, 5) is 18.2. The molecule has 23 heavy (non-hydrogen) atoms. The molecule has 2 N–H and O–H groups in total. The van der Waals surface area contributed by atoms with Crippen LogP contribution in [0.3, 0.4) is 0 Å². The Labute approximate surface area is 143 Å². The third-order valence-electron chi connectivity index (χ3n) is 3.74.